The minimum Gasteiger partial charge on any atom is -0.496 e. The zero-order valence-electron chi connectivity index (χ0n) is 10.7. The first kappa shape index (κ1) is 12.2. The highest BCUT2D eigenvalue weighted by atomic mass is 16.5. The number of hydrogen-bond donors (Lipinski definition) is 1. The Balaban J connectivity index is 2.37. The van der Waals surface area contributed by atoms with Crippen molar-refractivity contribution in [3.05, 3.63) is 23.3 Å². The molecule has 0 amide bonds. The molecule has 0 aliphatic carbocycles. The zero-order chi connectivity index (χ0) is 12.3. The van der Waals surface area contributed by atoms with Crippen molar-refractivity contribution in [3.8, 4) is 5.75 Å². The molecule has 1 aliphatic heterocycles. The van der Waals surface area contributed by atoms with Crippen LogP contribution in [-0.4, -0.2) is 32.4 Å². The van der Waals surface area contributed by atoms with E-state index in [0.717, 1.165) is 31.6 Å². The van der Waals surface area contributed by atoms with E-state index in [-0.39, 0.29) is 6.61 Å². The number of nitrogens with zero attached hydrogens (tertiary/aromatic N) is 1. The Morgan fingerprint density at radius 1 is 1.41 bits per heavy atom. The smallest absolute Gasteiger partial charge is 0.127 e. The summed E-state index contributed by atoms with van der Waals surface area (Å²) in [6, 6.07) is 4.32. The molecule has 1 heterocycles. The van der Waals surface area contributed by atoms with Gasteiger partial charge >= 0.3 is 0 Å². The Morgan fingerprint density at radius 2 is 2.24 bits per heavy atom. The fraction of sp³-hybridized carbons (Fsp3) is 0.571. The lowest BCUT2D eigenvalue weighted by Gasteiger charge is -2.29. The molecular formula is C14H21NO2. The van der Waals surface area contributed by atoms with Gasteiger partial charge in [0.25, 0.3) is 0 Å². The van der Waals surface area contributed by atoms with Crippen LogP contribution in [0.2, 0.25) is 0 Å². The summed E-state index contributed by atoms with van der Waals surface area (Å²) >= 11 is 0. The number of hydrogen-bond acceptors (Lipinski definition) is 3. The number of anilines is 1. The standard InChI is InChI=1S/C14H21NO2/c1-15-9-3-6-12-13(15)8-7-11(5-4-10-16)14(12)17-2/h7-8,16H,3-6,9-10H2,1-2H3. The highest BCUT2D eigenvalue weighted by molar-refractivity contribution is 5.63. The molecule has 0 bridgehead atoms. The highest BCUT2D eigenvalue weighted by Gasteiger charge is 2.19. The number of benzene rings is 1. The summed E-state index contributed by atoms with van der Waals surface area (Å²) in [4.78, 5) is 2.29. The Labute approximate surface area is 103 Å². The Bertz CT molecular complexity index is 390. The van der Waals surface area contributed by atoms with E-state index in [0.29, 0.717) is 0 Å². The summed E-state index contributed by atoms with van der Waals surface area (Å²) < 4.78 is 5.58. The molecule has 2 rings (SSSR count). The summed E-state index contributed by atoms with van der Waals surface area (Å²) in [7, 11) is 3.87. The first-order chi connectivity index (χ1) is 8.27. The first-order valence-electron chi connectivity index (χ1n) is 6.28. The lowest BCUT2D eigenvalue weighted by atomic mass is 9.96. The van der Waals surface area contributed by atoms with E-state index in [2.05, 4.69) is 24.1 Å². The maximum atomic E-state index is 8.92. The van der Waals surface area contributed by atoms with E-state index in [4.69, 9.17) is 9.84 Å². The van der Waals surface area contributed by atoms with Crippen LogP contribution in [0.1, 0.15) is 24.0 Å². The van der Waals surface area contributed by atoms with E-state index >= 15 is 0 Å². The largest absolute Gasteiger partial charge is 0.496 e. The van der Waals surface area contributed by atoms with E-state index in [9.17, 15) is 0 Å². The van der Waals surface area contributed by atoms with Crippen LogP contribution >= 0.6 is 0 Å². The van der Waals surface area contributed by atoms with Crippen molar-refractivity contribution in [3.63, 3.8) is 0 Å². The van der Waals surface area contributed by atoms with Gasteiger partial charge in [-0.15, -0.1) is 0 Å². The van der Waals surface area contributed by atoms with Crippen molar-refractivity contribution in [1.82, 2.24) is 0 Å². The minimum absolute atomic E-state index is 0.236. The average Bonchev–Trinajstić information content (AvgIpc) is 2.36. The van der Waals surface area contributed by atoms with Crippen LogP contribution in [0.15, 0.2) is 12.1 Å². The molecule has 3 heteroatoms. The molecule has 1 N–H and O–H groups in total. The third kappa shape index (κ3) is 2.39. The van der Waals surface area contributed by atoms with Crippen molar-refractivity contribution >= 4 is 5.69 Å². The van der Waals surface area contributed by atoms with Crippen LogP contribution in [0, 0.1) is 0 Å². The van der Waals surface area contributed by atoms with Gasteiger partial charge in [-0.05, 0) is 37.3 Å². The second-order valence-corrected chi connectivity index (χ2v) is 4.61. The molecule has 0 atom stereocenters. The molecule has 3 nitrogen and oxygen atoms in total. The van der Waals surface area contributed by atoms with Gasteiger partial charge in [0.2, 0.25) is 0 Å². The van der Waals surface area contributed by atoms with Crippen LogP contribution in [0.25, 0.3) is 0 Å². The van der Waals surface area contributed by atoms with Crippen LogP contribution in [-0.2, 0) is 12.8 Å². The van der Waals surface area contributed by atoms with Crippen molar-refractivity contribution < 1.29 is 9.84 Å². The number of ether oxygens (including phenoxy) is 1. The topological polar surface area (TPSA) is 32.7 Å². The Morgan fingerprint density at radius 3 is 2.94 bits per heavy atom. The zero-order valence-corrected chi connectivity index (χ0v) is 10.7. The Kier molecular flexibility index (Phi) is 3.89. The van der Waals surface area contributed by atoms with Gasteiger partial charge in [-0.1, -0.05) is 6.07 Å². The summed E-state index contributed by atoms with van der Waals surface area (Å²) in [6.07, 6.45) is 3.96. The van der Waals surface area contributed by atoms with E-state index in [1.807, 2.05) is 0 Å². The van der Waals surface area contributed by atoms with Crippen molar-refractivity contribution in [2.24, 2.45) is 0 Å². The molecule has 1 aromatic carbocycles. The molecule has 0 unspecified atom stereocenters. The van der Waals surface area contributed by atoms with Crippen LogP contribution in [0.5, 0.6) is 5.75 Å². The third-order valence-electron chi connectivity index (χ3n) is 3.46. The quantitative estimate of drug-likeness (QED) is 0.866. The molecule has 0 spiro atoms. The molecule has 1 aromatic rings. The van der Waals surface area contributed by atoms with Gasteiger partial charge < -0.3 is 14.7 Å². The SMILES string of the molecule is COc1c(CCCO)ccc2c1CCCN2C. The number of methoxy groups -OCH3 is 1. The second-order valence-electron chi connectivity index (χ2n) is 4.61. The predicted octanol–water partition coefficient (Wildman–Crippen LogP) is 2.00. The number of aryl methyl sites for hydroxylation is 1. The molecule has 0 fully saturated rings. The molecule has 17 heavy (non-hydrogen) atoms. The average molecular weight is 235 g/mol. The monoisotopic (exact) mass is 235 g/mol. The van der Waals surface area contributed by atoms with Gasteiger partial charge in [0.15, 0.2) is 0 Å². The van der Waals surface area contributed by atoms with Gasteiger partial charge in [0.1, 0.15) is 5.75 Å². The van der Waals surface area contributed by atoms with Gasteiger partial charge in [0, 0.05) is 31.5 Å². The van der Waals surface area contributed by atoms with Crippen LogP contribution in [0.4, 0.5) is 5.69 Å². The first-order valence-corrected chi connectivity index (χ1v) is 6.28. The van der Waals surface area contributed by atoms with E-state index < -0.39 is 0 Å². The molecular weight excluding hydrogens is 214 g/mol. The van der Waals surface area contributed by atoms with Crippen molar-refractivity contribution in [2.45, 2.75) is 25.7 Å². The fourth-order valence-electron chi connectivity index (χ4n) is 2.60. The van der Waals surface area contributed by atoms with Crippen LogP contribution in [0.3, 0.4) is 0 Å². The maximum Gasteiger partial charge on any atom is 0.127 e. The predicted molar refractivity (Wildman–Crippen MR) is 70.0 cm³/mol. The number of fused-ring (bicyclic) bond motifs is 1. The number of rotatable bonds is 4. The maximum absolute atomic E-state index is 8.92. The van der Waals surface area contributed by atoms with Crippen molar-refractivity contribution in [2.75, 3.05) is 32.2 Å². The lowest BCUT2D eigenvalue weighted by molar-refractivity contribution is 0.287. The molecule has 0 saturated heterocycles. The summed E-state index contributed by atoms with van der Waals surface area (Å²) in [6.45, 7) is 1.35. The summed E-state index contributed by atoms with van der Waals surface area (Å²) in [5.41, 5.74) is 3.84. The normalized spacial score (nSPS) is 14.6. The summed E-state index contributed by atoms with van der Waals surface area (Å²) in [5, 5.41) is 8.92. The molecule has 1 aliphatic rings. The third-order valence-corrected chi connectivity index (χ3v) is 3.46. The van der Waals surface area contributed by atoms with Crippen molar-refractivity contribution in [1.29, 1.82) is 0 Å². The molecule has 0 saturated carbocycles. The molecule has 0 aromatic heterocycles. The second kappa shape index (κ2) is 5.41. The molecule has 0 radical (unpaired) electrons. The minimum atomic E-state index is 0.236. The van der Waals surface area contributed by atoms with Crippen LogP contribution < -0.4 is 9.64 Å². The number of aliphatic hydroxyl groups is 1. The highest BCUT2D eigenvalue weighted by Crippen LogP contribution is 2.36. The van der Waals surface area contributed by atoms with E-state index in [1.54, 1.807) is 7.11 Å². The van der Waals surface area contributed by atoms with Gasteiger partial charge in [0.05, 0.1) is 7.11 Å². The summed E-state index contributed by atoms with van der Waals surface area (Å²) in [5.74, 6) is 1.03. The van der Waals surface area contributed by atoms with Gasteiger partial charge in [-0.2, -0.15) is 0 Å². The molecule has 94 valence electrons. The lowest BCUT2D eigenvalue weighted by Crippen LogP contribution is -2.25. The van der Waals surface area contributed by atoms with Gasteiger partial charge in [-0.25, -0.2) is 0 Å². The number of aliphatic hydroxyl groups excluding tert-OH is 1. The van der Waals surface area contributed by atoms with Gasteiger partial charge in [-0.3, -0.25) is 0 Å². The Hall–Kier alpha value is -1.22. The van der Waals surface area contributed by atoms with E-state index in [1.165, 1.54) is 23.2 Å². The fourth-order valence-corrected chi connectivity index (χ4v) is 2.60.